The quantitative estimate of drug-likeness (QED) is 0.624. The molecule has 2 N–H and O–H groups in total. The fraction of sp³-hybridized carbons (Fsp3) is 0.346. The number of aromatic nitrogens is 3. The predicted octanol–water partition coefficient (Wildman–Crippen LogP) is 4.11. The van der Waals surface area contributed by atoms with Crippen LogP contribution in [0.5, 0.6) is 0 Å². The summed E-state index contributed by atoms with van der Waals surface area (Å²) >= 11 is 0. The SMILES string of the molecule is CC[C@]1(c2cccc(-c3ccnc4c3cnn4C)c2)C2=CN=NC2NC2=C1C(=O)NC(C)(C)C2. The van der Waals surface area contributed by atoms with Gasteiger partial charge in [0.05, 0.1) is 23.4 Å². The number of hydrogen-bond acceptors (Lipinski definition) is 6. The molecule has 0 radical (unpaired) electrons. The Balaban J connectivity index is 1.58. The van der Waals surface area contributed by atoms with E-state index in [9.17, 15) is 4.79 Å². The van der Waals surface area contributed by atoms with Crippen molar-refractivity contribution in [2.45, 2.75) is 50.7 Å². The molecule has 5 heterocycles. The molecule has 2 atom stereocenters. The zero-order valence-corrected chi connectivity index (χ0v) is 19.8. The summed E-state index contributed by atoms with van der Waals surface area (Å²) in [6.07, 6.45) is 6.68. The summed E-state index contributed by atoms with van der Waals surface area (Å²) in [6.45, 7) is 6.24. The van der Waals surface area contributed by atoms with Gasteiger partial charge in [0.2, 0.25) is 0 Å². The number of aryl methyl sites for hydroxylation is 1. The number of hydrogen-bond donors (Lipinski definition) is 2. The lowest BCUT2D eigenvalue weighted by Crippen LogP contribution is -2.58. The van der Waals surface area contributed by atoms with Crippen LogP contribution in [-0.2, 0) is 17.3 Å². The summed E-state index contributed by atoms with van der Waals surface area (Å²) in [4.78, 5) is 18.1. The van der Waals surface area contributed by atoms with Crippen molar-refractivity contribution in [3.8, 4) is 11.1 Å². The van der Waals surface area contributed by atoms with E-state index in [1.807, 2.05) is 31.7 Å². The minimum absolute atomic E-state index is 0.0317. The van der Waals surface area contributed by atoms with E-state index in [0.29, 0.717) is 0 Å². The molecular weight excluding hydrogens is 426 g/mol. The molecule has 0 saturated heterocycles. The maximum absolute atomic E-state index is 13.6. The van der Waals surface area contributed by atoms with Gasteiger partial charge in [0.15, 0.2) is 11.8 Å². The van der Waals surface area contributed by atoms with Gasteiger partial charge in [0.1, 0.15) is 0 Å². The number of nitrogens with zero attached hydrogens (tertiary/aromatic N) is 5. The van der Waals surface area contributed by atoms with Crippen LogP contribution in [-0.4, -0.2) is 32.4 Å². The third-order valence-electron chi connectivity index (χ3n) is 7.34. The summed E-state index contributed by atoms with van der Waals surface area (Å²) in [7, 11) is 1.90. The molecule has 3 aliphatic rings. The van der Waals surface area contributed by atoms with Crippen molar-refractivity contribution in [2.75, 3.05) is 0 Å². The molecule has 3 aromatic rings. The second-order valence-corrected chi connectivity index (χ2v) is 9.93. The summed E-state index contributed by atoms with van der Waals surface area (Å²) in [6, 6.07) is 10.5. The van der Waals surface area contributed by atoms with Crippen LogP contribution >= 0.6 is 0 Å². The molecule has 0 aliphatic carbocycles. The Morgan fingerprint density at radius 3 is 2.91 bits per heavy atom. The van der Waals surface area contributed by atoms with Crippen LogP contribution in [0.1, 0.15) is 39.2 Å². The van der Waals surface area contributed by atoms with E-state index in [0.717, 1.165) is 57.4 Å². The highest BCUT2D eigenvalue weighted by molar-refractivity contribution is 6.00. The molecule has 1 unspecified atom stereocenters. The Kier molecular flexibility index (Phi) is 4.33. The minimum Gasteiger partial charge on any atom is -0.362 e. The number of nitrogens with one attached hydrogen (secondary N) is 2. The average Bonchev–Trinajstić information content (AvgIpc) is 3.43. The van der Waals surface area contributed by atoms with Crippen LogP contribution in [0.2, 0.25) is 0 Å². The highest BCUT2D eigenvalue weighted by Gasteiger charge is 2.53. The number of fused-ring (bicyclic) bond motifs is 2. The molecule has 0 saturated carbocycles. The molecule has 1 aromatic carbocycles. The van der Waals surface area contributed by atoms with Gasteiger partial charge in [-0.2, -0.15) is 15.3 Å². The first kappa shape index (κ1) is 20.8. The summed E-state index contributed by atoms with van der Waals surface area (Å²) < 4.78 is 1.78. The van der Waals surface area contributed by atoms with E-state index in [1.165, 1.54) is 0 Å². The summed E-state index contributed by atoms with van der Waals surface area (Å²) in [5.74, 6) is -0.0317. The third-order valence-corrected chi connectivity index (χ3v) is 7.34. The van der Waals surface area contributed by atoms with Gasteiger partial charge in [0.25, 0.3) is 5.91 Å². The Morgan fingerprint density at radius 1 is 1.24 bits per heavy atom. The van der Waals surface area contributed by atoms with Crippen LogP contribution in [0.15, 0.2) is 76.0 Å². The summed E-state index contributed by atoms with van der Waals surface area (Å²) in [5, 5.41) is 20.8. The van der Waals surface area contributed by atoms with Gasteiger partial charge in [-0.25, -0.2) is 4.98 Å². The van der Waals surface area contributed by atoms with Crippen LogP contribution < -0.4 is 10.6 Å². The fourth-order valence-corrected chi connectivity index (χ4v) is 5.86. The molecule has 8 heteroatoms. The number of pyridine rings is 1. The second-order valence-electron chi connectivity index (χ2n) is 9.93. The molecule has 6 rings (SSSR count). The smallest absolute Gasteiger partial charge is 0.250 e. The molecular formula is C26H27N7O. The van der Waals surface area contributed by atoms with E-state index >= 15 is 0 Å². The van der Waals surface area contributed by atoms with Gasteiger partial charge in [-0.1, -0.05) is 25.1 Å². The predicted molar refractivity (Wildman–Crippen MR) is 130 cm³/mol. The Labute approximate surface area is 197 Å². The number of carbonyl (C=O) groups is 1. The highest BCUT2D eigenvalue weighted by Crippen LogP contribution is 2.51. The van der Waals surface area contributed by atoms with E-state index < -0.39 is 5.41 Å². The van der Waals surface area contributed by atoms with Gasteiger partial charge in [-0.3, -0.25) is 9.48 Å². The third kappa shape index (κ3) is 2.81. The second kappa shape index (κ2) is 7.09. The first-order valence-corrected chi connectivity index (χ1v) is 11.6. The Hall–Kier alpha value is -3.81. The lowest BCUT2D eigenvalue weighted by atomic mass is 9.62. The zero-order chi connectivity index (χ0) is 23.7. The van der Waals surface area contributed by atoms with Gasteiger partial charge >= 0.3 is 0 Å². The van der Waals surface area contributed by atoms with Gasteiger partial charge < -0.3 is 10.6 Å². The van der Waals surface area contributed by atoms with E-state index in [-0.39, 0.29) is 17.6 Å². The lowest BCUT2D eigenvalue weighted by molar-refractivity contribution is -0.120. The highest BCUT2D eigenvalue weighted by atomic mass is 16.2. The van der Waals surface area contributed by atoms with Crippen molar-refractivity contribution in [3.63, 3.8) is 0 Å². The van der Waals surface area contributed by atoms with Crippen molar-refractivity contribution >= 4 is 16.9 Å². The normalized spacial score (nSPS) is 25.0. The molecule has 2 aromatic heterocycles. The van der Waals surface area contributed by atoms with Gasteiger partial charge in [-0.05, 0) is 49.1 Å². The first-order valence-electron chi connectivity index (χ1n) is 11.6. The molecule has 1 amide bonds. The average molecular weight is 454 g/mol. The van der Waals surface area contributed by atoms with Crippen molar-refractivity contribution in [2.24, 2.45) is 17.3 Å². The van der Waals surface area contributed by atoms with Crippen molar-refractivity contribution in [1.29, 1.82) is 0 Å². The number of benzene rings is 1. The molecule has 3 aliphatic heterocycles. The van der Waals surface area contributed by atoms with Gasteiger partial charge in [0, 0.05) is 41.9 Å². The molecule has 8 nitrogen and oxygen atoms in total. The van der Waals surface area contributed by atoms with Crippen LogP contribution in [0.25, 0.3) is 22.2 Å². The number of carbonyl (C=O) groups excluding carboxylic acids is 1. The van der Waals surface area contributed by atoms with E-state index in [1.54, 1.807) is 4.68 Å². The van der Waals surface area contributed by atoms with Crippen molar-refractivity contribution < 1.29 is 4.79 Å². The minimum atomic E-state index is -0.619. The standard InChI is InChI=1S/C26H27N7O/c1-5-26(19-14-28-32-22(19)30-20-12-25(2,3)31-24(34)21(20)26)16-8-6-7-15(11-16)17-9-10-27-23-18(17)13-29-33(23)4/h6-11,13-14,22,30H,5,12H2,1-4H3,(H,31,34)/t22?,26-/m0/s1. The monoisotopic (exact) mass is 453 g/mol. The maximum atomic E-state index is 13.6. The largest absolute Gasteiger partial charge is 0.362 e. The Morgan fingerprint density at radius 2 is 2.09 bits per heavy atom. The lowest BCUT2D eigenvalue weighted by Gasteiger charge is -2.48. The topological polar surface area (TPSA) is 96.6 Å². The number of azo groups is 1. The van der Waals surface area contributed by atoms with Gasteiger partial charge in [-0.15, -0.1) is 0 Å². The van der Waals surface area contributed by atoms with E-state index in [2.05, 4.69) is 76.0 Å². The van der Waals surface area contributed by atoms with Crippen LogP contribution in [0.3, 0.4) is 0 Å². The van der Waals surface area contributed by atoms with E-state index in [4.69, 9.17) is 0 Å². The first-order chi connectivity index (χ1) is 16.3. The molecule has 0 bridgehead atoms. The maximum Gasteiger partial charge on any atom is 0.250 e. The molecule has 0 fully saturated rings. The molecule has 34 heavy (non-hydrogen) atoms. The Bertz CT molecular complexity index is 1440. The fourth-order valence-electron chi connectivity index (χ4n) is 5.86. The van der Waals surface area contributed by atoms with Crippen LogP contribution in [0, 0.1) is 0 Å². The summed E-state index contributed by atoms with van der Waals surface area (Å²) in [5.41, 5.74) is 5.84. The molecule has 0 spiro atoms. The van der Waals surface area contributed by atoms with Crippen LogP contribution in [0.4, 0.5) is 0 Å². The van der Waals surface area contributed by atoms with Crippen molar-refractivity contribution in [1.82, 2.24) is 25.4 Å². The zero-order valence-electron chi connectivity index (χ0n) is 19.8. The van der Waals surface area contributed by atoms with Crippen molar-refractivity contribution in [3.05, 3.63) is 71.3 Å². The number of rotatable bonds is 3. The molecule has 172 valence electrons. The number of amides is 1.